The van der Waals surface area contributed by atoms with Gasteiger partial charge in [-0.1, -0.05) is 43.0 Å². The lowest BCUT2D eigenvalue weighted by Crippen LogP contribution is -2.56. The number of carbonyl (C=O) groups excluding carboxylic acids is 1. The van der Waals surface area contributed by atoms with Crippen LogP contribution in [0.1, 0.15) is 42.1 Å². The number of carbonyl (C=O) groups is 1. The van der Waals surface area contributed by atoms with Crippen molar-refractivity contribution in [3.05, 3.63) is 77.2 Å². The van der Waals surface area contributed by atoms with Crippen molar-refractivity contribution in [2.24, 2.45) is 0 Å². The Morgan fingerprint density at radius 3 is 2.76 bits per heavy atom. The maximum absolute atomic E-state index is 12.5. The fraction of sp³-hybridized carbons (Fsp3) is 0.455. The van der Waals surface area contributed by atoms with E-state index in [0.717, 1.165) is 43.6 Å². The topological polar surface area (TPSA) is 75.4 Å². The molecule has 3 atom stereocenters. The highest BCUT2D eigenvalue weighted by atomic mass is 16.5. The molecule has 2 aromatic carbocycles. The van der Waals surface area contributed by atoms with Gasteiger partial charge in [-0.25, -0.2) is 6.57 Å². The van der Waals surface area contributed by atoms with E-state index in [1.165, 1.54) is 28.0 Å². The number of amides is 1. The van der Waals surface area contributed by atoms with Crippen molar-refractivity contribution in [3.8, 4) is 11.9 Å². The van der Waals surface area contributed by atoms with Gasteiger partial charge in [0.05, 0.1) is 5.56 Å². The summed E-state index contributed by atoms with van der Waals surface area (Å²) < 4.78 is 12.9. The van der Waals surface area contributed by atoms with Gasteiger partial charge in [0.1, 0.15) is 24.6 Å². The molecule has 4 heterocycles. The third kappa shape index (κ3) is 5.39. The Morgan fingerprint density at radius 2 is 2.00 bits per heavy atom. The maximum atomic E-state index is 12.5. The van der Waals surface area contributed by atoms with Crippen LogP contribution >= 0.6 is 0 Å². The summed E-state index contributed by atoms with van der Waals surface area (Å²) in [6.07, 6.45) is 4.98. The average Bonchev–Trinajstić information content (AvgIpc) is 3.43. The van der Waals surface area contributed by atoms with Gasteiger partial charge in [-0.15, -0.1) is 0 Å². The highest BCUT2D eigenvalue weighted by molar-refractivity contribution is 5.89. The Labute approximate surface area is 247 Å². The van der Waals surface area contributed by atoms with Crippen molar-refractivity contribution < 1.29 is 14.3 Å². The fourth-order valence-corrected chi connectivity index (χ4v) is 6.67. The predicted octanol–water partition coefficient (Wildman–Crippen LogP) is 4.60. The van der Waals surface area contributed by atoms with Crippen molar-refractivity contribution in [1.82, 2.24) is 19.8 Å². The summed E-state index contributed by atoms with van der Waals surface area (Å²) in [5, 5.41) is 2.43. The second kappa shape index (κ2) is 12.0. The lowest BCUT2D eigenvalue weighted by Gasteiger charge is -2.40. The standard InChI is InChI=1S/C33H38N6O3/c1-5-29(40)39-18-17-38(20-25(39)19-34-3)31-27-14-15-28(26-13-7-11-23-10-6-9-22(2)30(23)26)42-32(27)36-33(35-31)41-21-24-12-8-16-37(24)4/h5-7,9-11,13,24-25,28H,1,8,12,14-21H2,2,4H3/t24-,25-,28?/m0/s1. The number of ether oxygens (including phenoxy) is 2. The molecule has 0 spiro atoms. The number of hydrogen-bond donors (Lipinski definition) is 0. The number of aromatic nitrogens is 2. The number of anilines is 1. The summed E-state index contributed by atoms with van der Waals surface area (Å²) in [7, 11) is 2.13. The van der Waals surface area contributed by atoms with Gasteiger partial charge in [-0.3, -0.25) is 4.79 Å². The normalized spacial score (nSPS) is 22.4. The molecule has 0 aliphatic carbocycles. The minimum Gasteiger partial charge on any atom is -0.469 e. The molecule has 2 fully saturated rings. The van der Waals surface area contributed by atoms with Gasteiger partial charge in [0, 0.05) is 31.2 Å². The number of nitrogens with zero attached hydrogens (tertiary/aromatic N) is 6. The molecule has 0 N–H and O–H groups in total. The van der Waals surface area contributed by atoms with Crippen LogP contribution in [-0.4, -0.2) is 84.1 Å². The Balaban J connectivity index is 1.34. The first-order valence-corrected chi connectivity index (χ1v) is 14.9. The lowest BCUT2D eigenvalue weighted by atomic mass is 9.92. The minimum atomic E-state index is -0.250. The van der Waals surface area contributed by atoms with E-state index in [9.17, 15) is 4.79 Å². The van der Waals surface area contributed by atoms with E-state index in [1.54, 1.807) is 4.90 Å². The number of fused-ring (bicyclic) bond motifs is 2. The van der Waals surface area contributed by atoms with Crippen LogP contribution in [0.5, 0.6) is 11.9 Å². The molecule has 3 aromatic rings. The summed E-state index contributed by atoms with van der Waals surface area (Å²) in [6.45, 7) is 16.7. The van der Waals surface area contributed by atoms with E-state index in [1.807, 2.05) is 0 Å². The van der Waals surface area contributed by atoms with Crippen LogP contribution < -0.4 is 14.4 Å². The van der Waals surface area contributed by atoms with E-state index >= 15 is 0 Å². The summed E-state index contributed by atoms with van der Waals surface area (Å²) in [5.41, 5.74) is 3.35. The molecule has 0 saturated carbocycles. The fourth-order valence-electron chi connectivity index (χ4n) is 6.67. The minimum absolute atomic E-state index is 0.143. The molecule has 1 aromatic heterocycles. The molecule has 3 aliphatic heterocycles. The second-order valence-electron chi connectivity index (χ2n) is 11.5. The number of piperazine rings is 1. The molecule has 3 aliphatic rings. The first-order chi connectivity index (χ1) is 20.5. The number of hydrogen-bond acceptors (Lipinski definition) is 7. The van der Waals surface area contributed by atoms with Gasteiger partial charge in [0.15, 0.2) is 0 Å². The van der Waals surface area contributed by atoms with Crippen molar-refractivity contribution in [2.75, 3.05) is 51.3 Å². The zero-order valence-electron chi connectivity index (χ0n) is 24.5. The molecule has 0 bridgehead atoms. The molecule has 6 rings (SSSR count). The quantitative estimate of drug-likeness (QED) is 0.306. The Kier molecular flexibility index (Phi) is 7.98. The van der Waals surface area contributed by atoms with Gasteiger partial charge in [-0.2, -0.15) is 9.97 Å². The zero-order chi connectivity index (χ0) is 29.2. The predicted molar refractivity (Wildman–Crippen MR) is 163 cm³/mol. The van der Waals surface area contributed by atoms with Crippen molar-refractivity contribution in [2.45, 2.75) is 50.8 Å². The summed E-state index contributed by atoms with van der Waals surface area (Å²) in [6, 6.07) is 13.2. The molecule has 42 heavy (non-hydrogen) atoms. The van der Waals surface area contributed by atoms with Crippen LogP contribution in [0.15, 0.2) is 49.1 Å². The van der Waals surface area contributed by atoms with Crippen molar-refractivity contribution in [1.29, 1.82) is 0 Å². The van der Waals surface area contributed by atoms with Gasteiger partial charge in [0.2, 0.25) is 18.3 Å². The number of benzene rings is 2. The maximum Gasteiger partial charge on any atom is 0.321 e. The van der Waals surface area contributed by atoms with E-state index in [2.05, 4.69) is 71.6 Å². The molecule has 9 nitrogen and oxygen atoms in total. The number of rotatable bonds is 7. The third-order valence-electron chi connectivity index (χ3n) is 8.95. The van der Waals surface area contributed by atoms with E-state index in [-0.39, 0.29) is 24.6 Å². The molecule has 1 unspecified atom stereocenters. The van der Waals surface area contributed by atoms with Crippen LogP contribution in [0, 0.1) is 13.5 Å². The van der Waals surface area contributed by atoms with Gasteiger partial charge < -0.3 is 29.0 Å². The van der Waals surface area contributed by atoms with Crippen LogP contribution in [0.4, 0.5) is 5.82 Å². The second-order valence-corrected chi connectivity index (χ2v) is 11.5. The third-order valence-corrected chi connectivity index (χ3v) is 8.95. The summed E-state index contributed by atoms with van der Waals surface area (Å²) in [5.74, 6) is 1.19. The molecule has 1 amide bonds. The van der Waals surface area contributed by atoms with Gasteiger partial charge >= 0.3 is 6.01 Å². The molecule has 9 heteroatoms. The van der Waals surface area contributed by atoms with Gasteiger partial charge in [-0.05, 0) is 68.6 Å². The highest BCUT2D eigenvalue weighted by Crippen LogP contribution is 2.41. The highest BCUT2D eigenvalue weighted by Gasteiger charge is 2.36. The first kappa shape index (κ1) is 28.0. The smallest absolute Gasteiger partial charge is 0.321 e. The number of likely N-dealkylation sites (N-methyl/N-ethyl adjacent to an activating group) is 1. The summed E-state index contributed by atoms with van der Waals surface area (Å²) in [4.78, 5) is 32.1. The number of aryl methyl sites for hydroxylation is 1. The number of likely N-dealkylation sites (tertiary alicyclic amines) is 1. The van der Waals surface area contributed by atoms with Crippen molar-refractivity contribution in [3.63, 3.8) is 0 Å². The van der Waals surface area contributed by atoms with E-state index < -0.39 is 0 Å². The van der Waals surface area contributed by atoms with E-state index in [0.29, 0.717) is 44.2 Å². The Morgan fingerprint density at radius 1 is 1.17 bits per heavy atom. The molecular weight excluding hydrogens is 528 g/mol. The van der Waals surface area contributed by atoms with Crippen LogP contribution in [0.3, 0.4) is 0 Å². The average molecular weight is 567 g/mol. The Hall–Kier alpha value is -4.16. The van der Waals surface area contributed by atoms with Crippen LogP contribution in [0.2, 0.25) is 0 Å². The van der Waals surface area contributed by atoms with Crippen LogP contribution in [-0.2, 0) is 11.2 Å². The largest absolute Gasteiger partial charge is 0.469 e. The lowest BCUT2D eigenvalue weighted by molar-refractivity contribution is -0.128. The first-order valence-electron chi connectivity index (χ1n) is 14.9. The molecule has 0 radical (unpaired) electrons. The monoisotopic (exact) mass is 566 g/mol. The summed E-state index contributed by atoms with van der Waals surface area (Å²) >= 11 is 0. The van der Waals surface area contributed by atoms with Crippen molar-refractivity contribution >= 4 is 22.5 Å². The Bertz CT molecular complexity index is 1530. The van der Waals surface area contributed by atoms with Crippen LogP contribution in [0.25, 0.3) is 15.6 Å². The molecule has 218 valence electrons. The van der Waals surface area contributed by atoms with Gasteiger partial charge in [0.25, 0.3) is 0 Å². The SMILES string of the molecule is [C-]#[N+]C[C@H]1CN(c2nc(OC[C@@H]3CCCN3C)nc3c2CCC(c2cccc4cccc(C)c24)O3)CCN1C(=O)C=C. The molecule has 2 saturated heterocycles. The molecular formula is C33H38N6O3. The zero-order valence-corrected chi connectivity index (χ0v) is 24.5. The van der Waals surface area contributed by atoms with E-state index in [4.69, 9.17) is 26.0 Å².